The number of para-hydroxylation sites is 1. The van der Waals surface area contributed by atoms with Crippen LogP contribution < -0.4 is 5.32 Å². The van der Waals surface area contributed by atoms with E-state index in [2.05, 4.69) is 28.2 Å². The third-order valence-electron chi connectivity index (χ3n) is 3.24. The molecule has 0 spiro atoms. The number of aryl methyl sites for hydroxylation is 1. The highest BCUT2D eigenvalue weighted by Gasteiger charge is 2.19. The Bertz CT molecular complexity index is 560. The van der Waals surface area contributed by atoms with Crippen LogP contribution in [0.5, 0.6) is 0 Å². The number of nitrogens with zero attached hydrogens (tertiary/aromatic N) is 1. The van der Waals surface area contributed by atoms with Crippen LogP contribution in [0.3, 0.4) is 0 Å². The summed E-state index contributed by atoms with van der Waals surface area (Å²) < 4.78 is 6.86. The fourth-order valence-corrected chi connectivity index (χ4v) is 2.25. The van der Waals surface area contributed by atoms with Gasteiger partial charge in [0.2, 0.25) is 0 Å². The zero-order valence-electron chi connectivity index (χ0n) is 10.9. The number of esters is 1. The number of carbonyl (C=O) groups is 1. The summed E-state index contributed by atoms with van der Waals surface area (Å²) in [6.45, 7) is 0. The summed E-state index contributed by atoms with van der Waals surface area (Å²) >= 11 is 0. The van der Waals surface area contributed by atoms with Crippen molar-refractivity contribution in [3.05, 3.63) is 36.0 Å². The van der Waals surface area contributed by atoms with Crippen molar-refractivity contribution >= 4 is 16.9 Å². The van der Waals surface area contributed by atoms with Crippen molar-refractivity contribution in [1.29, 1.82) is 0 Å². The molecule has 0 bridgehead atoms. The Morgan fingerprint density at radius 2 is 2.17 bits per heavy atom. The predicted octanol–water partition coefficient (Wildman–Crippen LogP) is 1.48. The molecule has 0 aliphatic carbocycles. The minimum absolute atomic E-state index is 0.231. The van der Waals surface area contributed by atoms with Crippen molar-refractivity contribution in [3.63, 3.8) is 0 Å². The maximum absolute atomic E-state index is 11.6. The van der Waals surface area contributed by atoms with Crippen molar-refractivity contribution in [2.45, 2.75) is 12.5 Å². The van der Waals surface area contributed by atoms with Gasteiger partial charge in [0.05, 0.1) is 7.11 Å². The van der Waals surface area contributed by atoms with E-state index in [-0.39, 0.29) is 12.0 Å². The molecule has 1 heterocycles. The number of aromatic nitrogens is 1. The van der Waals surface area contributed by atoms with Gasteiger partial charge in [0.25, 0.3) is 0 Å². The Labute approximate surface area is 107 Å². The second kappa shape index (κ2) is 5.23. The number of ether oxygens (including phenoxy) is 1. The number of nitrogens with one attached hydrogen (secondary N) is 1. The van der Waals surface area contributed by atoms with Gasteiger partial charge in [-0.3, -0.25) is 4.79 Å². The number of carbonyl (C=O) groups excluding carboxylic acids is 1. The van der Waals surface area contributed by atoms with Crippen LogP contribution in [-0.4, -0.2) is 30.7 Å². The molecule has 0 amide bonds. The Hall–Kier alpha value is -1.81. The molecular weight excluding hydrogens is 228 g/mol. The summed E-state index contributed by atoms with van der Waals surface area (Å²) in [6, 6.07) is 7.88. The summed E-state index contributed by atoms with van der Waals surface area (Å²) in [6.07, 6.45) is 2.70. The van der Waals surface area contributed by atoms with Crippen molar-refractivity contribution in [3.8, 4) is 0 Å². The van der Waals surface area contributed by atoms with Gasteiger partial charge in [-0.15, -0.1) is 0 Å². The van der Waals surface area contributed by atoms with Crippen LogP contribution >= 0.6 is 0 Å². The summed E-state index contributed by atoms with van der Waals surface area (Å²) in [5.41, 5.74) is 2.32. The van der Waals surface area contributed by atoms with Crippen LogP contribution in [0.4, 0.5) is 0 Å². The SMILES string of the molecule is CNC(Cc1cn(C)c2ccccc12)C(=O)OC. The zero-order chi connectivity index (χ0) is 13.1. The van der Waals surface area contributed by atoms with E-state index in [4.69, 9.17) is 4.74 Å². The second-order valence-corrected chi connectivity index (χ2v) is 4.35. The fourth-order valence-electron chi connectivity index (χ4n) is 2.25. The molecule has 0 saturated carbocycles. The van der Waals surface area contributed by atoms with Gasteiger partial charge in [-0.2, -0.15) is 0 Å². The minimum Gasteiger partial charge on any atom is -0.468 e. The Morgan fingerprint density at radius 3 is 2.83 bits per heavy atom. The molecule has 0 saturated heterocycles. The summed E-state index contributed by atoms with van der Waals surface area (Å²) in [4.78, 5) is 11.6. The third-order valence-corrected chi connectivity index (χ3v) is 3.24. The summed E-state index contributed by atoms with van der Waals surface area (Å²) in [7, 11) is 5.20. The molecule has 1 aromatic heterocycles. The number of fused-ring (bicyclic) bond motifs is 1. The van der Waals surface area contributed by atoms with Gasteiger partial charge >= 0.3 is 5.97 Å². The largest absolute Gasteiger partial charge is 0.468 e. The first-order valence-corrected chi connectivity index (χ1v) is 5.95. The highest BCUT2D eigenvalue weighted by Crippen LogP contribution is 2.21. The number of hydrogen-bond acceptors (Lipinski definition) is 3. The van der Waals surface area contributed by atoms with Gasteiger partial charge < -0.3 is 14.6 Å². The lowest BCUT2D eigenvalue weighted by atomic mass is 10.1. The van der Waals surface area contributed by atoms with E-state index in [1.54, 1.807) is 7.05 Å². The van der Waals surface area contributed by atoms with Gasteiger partial charge in [-0.05, 0) is 18.7 Å². The molecule has 0 radical (unpaired) electrons. The highest BCUT2D eigenvalue weighted by molar-refractivity contribution is 5.85. The lowest BCUT2D eigenvalue weighted by Gasteiger charge is -2.12. The Balaban J connectivity index is 2.34. The first-order chi connectivity index (χ1) is 8.67. The lowest BCUT2D eigenvalue weighted by Crippen LogP contribution is -2.36. The van der Waals surface area contributed by atoms with Crippen LogP contribution in [0.2, 0.25) is 0 Å². The van der Waals surface area contributed by atoms with Gasteiger partial charge in [0.15, 0.2) is 0 Å². The van der Waals surface area contributed by atoms with Gasteiger partial charge in [-0.25, -0.2) is 0 Å². The van der Waals surface area contributed by atoms with E-state index in [9.17, 15) is 4.79 Å². The molecule has 1 N–H and O–H groups in total. The van der Waals surface area contributed by atoms with E-state index in [1.165, 1.54) is 18.0 Å². The van der Waals surface area contributed by atoms with Crippen LogP contribution in [0, 0.1) is 0 Å². The predicted molar refractivity (Wildman–Crippen MR) is 71.5 cm³/mol. The summed E-state index contributed by atoms with van der Waals surface area (Å²) in [5, 5.41) is 4.18. The average molecular weight is 246 g/mol. The quantitative estimate of drug-likeness (QED) is 0.831. The fraction of sp³-hybridized carbons (Fsp3) is 0.357. The van der Waals surface area contributed by atoms with Gasteiger partial charge in [-0.1, -0.05) is 18.2 Å². The molecule has 1 aromatic carbocycles. The number of methoxy groups -OCH3 is 1. The van der Waals surface area contributed by atoms with Crippen LogP contribution in [0.1, 0.15) is 5.56 Å². The number of rotatable bonds is 4. The molecular formula is C14H18N2O2. The maximum Gasteiger partial charge on any atom is 0.323 e. The van der Waals surface area contributed by atoms with Crippen molar-refractivity contribution in [2.75, 3.05) is 14.2 Å². The molecule has 2 rings (SSSR count). The minimum atomic E-state index is -0.305. The van der Waals surface area contributed by atoms with E-state index in [0.717, 1.165) is 5.56 Å². The van der Waals surface area contributed by atoms with E-state index < -0.39 is 0 Å². The molecule has 96 valence electrons. The molecule has 0 fully saturated rings. The summed E-state index contributed by atoms with van der Waals surface area (Å²) in [5.74, 6) is -0.231. The van der Waals surface area contributed by atoms with Crippen LogP contribution in [-0.2, 0) is 23.0 Å². The normalized spacial score (nSPS) is 12.6. The number of likely N-dealkylation sites (N-methyl/N-ethyl adjacent to an activating group) is 1. The van der Waals surface area contributed by atoms with E-state index >= 15 is 0 Å². The molecule has 0 aliphatic heterocycles. The van der Waals surface area contributed by atoms with Gasteiger partial charge in [0, 0.05) is 30.6 Å². The number of benzene rings is 1. The number of hydrogen-bond donors (Lipinski definition) is 1. The van der Waals surface area contributed by atoms with E-state index in [0.29, 0.717) is 6.42 Å². The first kappa shape index (κ1) is 12.6. The van der Waals surface area contributed by atoms with Crippen molar-refractivity contribution in [1.82, 2.24) is 9.88 Å². The molecule has 2 aromatic rings. The molecule has 1 atom stereocenters. The monoisotopic (exact) mass is 246 g/mol. The maximum atomic E-state index is 11.6. The van der Waals surface area contributed by atoms with Crippen LogP contribution in [0.25, 0.3) is 10.9 Å². The molecule has 18 heavy (non-hydrogen) atoms. The van der Waals surface area contributed by atoms with Crippen molar-refractivity contribution < 1.29 is 9.53 Å². The molecule has 0 aliphatic rings. The first-order valence-electron chi connectivity index (χ1n) is 5.95. The second-order valence-electron chi connectivity index (χ2n) is 4.35. The zero-order valence-corrected chi connectivity index (χ0v) is 10.9. The molecule has 4 heteroatoms. The van der Waals surface area contributed by atoms with Crippen molar-refractivity contribution in [2.24, 2.45) is 7.05 Å². The smallest absolute Gasteiger partial charge is 0.323 e. The standard InChI is InChI=1S/C14H18N2O2/c1-15-12(14(17)18-3)8-10-9-16(2)13-7-5-4-6-11(10)13/h4-7,9,12,15H,8H2,1-3H3. The third kappa shape index (κ3) is 2.24. The Kier molecular flexibility index (Phi) is 3.67. The van der Waals surface area contributed by atoms with Crippen LogP contribution in [0.15, 0.2) is 30.5 Å². The Morgan fingerprint density at radius 1 is 1.44 bits per heavy atom. The highest BCUT2D eigenvalue weighted by atomic mass is 16.5. The van der Waals surface area contributed by atoms with Gasteiger partial charge in [0.1, 0.15) is 6.04 Å². The topological polar surface area (TPSA) is 43.3 Å². The van der Waals surface area contributed by atoms with E-state index in [1.807, 2.05) is 19.2 Å². The lowest BCUT2D eigenvalue weighted by molar-refractivity contribution is -0.142. The molecule has 4 nitrogen and oxygen atoms in total. The average Bonchev–Trinajstić information content (AvgIpc) is 2.72. The molecule has 1 unspecified atom stereocenters.